The molecule has 0 aliphatic carbocycles. The first kappa shape index (κ1) is 12.6. The summed E-state index contributed by atoms with van der Waals surface area (Å²) >= 11 is 11.0. The van der Waals surface area contributed by atoms with Gasteiger partial charge in [0, 0.05) is 24.3 Å². The maximum atomic E-state index is 9.64. The van der Waals surface area contributed by atoms with Gasteiger partial charge in [-0.05, 0) is 31.0 Å². The minimum absolute atomic E-state index is 0.252. The maximum Gasteiger partial charge on any atom is 0.105 e. The number of anilines is 1. The van der Waals surface area contributed by atoms with Crippen LogP contribution in [0.15, 0.2) is 18.2 Å². The van der Waals surface area contributed by atoms with E-state index in [1.54, 1.807) is 0 Å². The van der Waals surface area contributed by atoms with Crippen LogP contribution >= 0.6 is 23.8 Å². The second-order valence-electron chi connectivity index (χ2n) is 4.27. The zero-order chi connectivity index (χ0) is 12.4. The summed E-state index contributed by atoms with van der Waals surface area (Å²) < 4.78 is 0. The van der Waals surface area contributed by atoms with Crippen LogP contribution in [0.2, 0.25) is 5.02 Å². The first-order chi connectivity index (χ1) is 8.08. The molecule has 0 saturated carbocycles. The molecule has 92 valence electrons. The lowest BCUT2D eigenvalue weighted by Gasteiger charge is -2.32. The summed E-state index contributed by atoms with van der Waals surface area (Å²) in [6, 6.07) is 5.63. The first-order valence-corrected chi connectivity index (χ1v) is 6.39. The summed E-state index contributed by atoms with van der Waals surface area (Å²) in [5, 5.41) is 10.2. The largest absolute Gasteiger partial charge is 0.391 e. The highest BCUT2D eigenvalue weighted by Gasteiger charge is 2.18. The molecule has 1 aromatic carbocycles. The first-order valence-electron chi connectivity index (χ1n) is 5.60. The molecule has 1 unspecified atom stereocenters. The summed E-state index contributed by atoms with van der Waals surface area (Å²) in [6.45, 7) is 1.60. The Hall–Kier alpha value is -0.840. The SMILES string of the molecule is NC(=S)c1ccc(N2CCCC(O)C2)cc1Cl. The number of piperidine rings is 1. The highest BCUT2D eigenvalue weighted by atomic mass is 35.5. The fourth-order valence-electron chi connectivity index (χ4n) is 2.09. The summed E-state index contributed by atoms with van der Waals surface area (Å²) in [6.07, 6.45) is 1.61. The molecule has 1 atom stereocenters. The van der Waals surface area contributed by atoms with Crippen LogP contribution in [0, 0.1) is 0 Å². The van der Waals surface area contributed by atoms with Crippen molar-refractivity contribution in [2.45, 2.75) is 18.9 Å². The van der Waals surface area contributed by atoms with E-state index >= 15 is 0 Å². The Bertz CT molecular complexity index is 439. The summed E-state index contributed by atoms with van der Waals surface area (Å²) in [7, 11) is 0. The van der Waals surface area contributed by atoms with Crippen LogP contribution in [0.4, 0.5) is 5.69 Å². The van der Waals surface area contributed by atoms with Crippen LogP contribution in [-0.4, -0.2) is 29.3 Å². The molecule has 1 saturated heterocycles. The number of aliphatic hydroxyl groups excluding tert-OH is 1. The Labute approximate surface area is 111 Å². The third kappa shape index (κ3) is 2.89. The molecule has 1 heterocycles. The number of hydrogen-bond donors (Lipinski definition) is 2. The highest BCUT2D eigenvalue weighted by molar-refractivity contribution is 7.80. The van der Waals surface area contributed by atoms with Crippen LogP contribution in [0.5, 0.6) is 0 Å². The standard InChI is InChI=1S/C12H15ClN2OS/c13-11-6-8(3-4-10(11)12(14)17)15-5-1-2-9(16)7-15/h3-4,6,9,16H,1-2,5,7H2,(H2,14,17). The van der Waals surface area contributed by atoms with Gasteiger partial charge in [0.1, 0.15) is 4.99 Å². The number of nitrogens with two attached hydrogens (primary N) is 1. The van der Waals surface area contributed by atoms with E-state index in [9.17, 15) is 5.11 Å². The van der Waals surface area contributed by atoms with E-state index < -0.39 is 0 Å². The summed E-state index contributed by atoms with van der Waals surface area (Å²) in [5.74, 6) is 0. The second kappa shape index (κ2) is 5.21. The van der Waals surface area contributed by atoms with Crippen LogP contribution in [0.3, 0.4) is 0 Å². The van der Waals surface area contributed by atoms with Crippen LogP contribution in [0.25, 0.3) is 0 Å². The van der Waals surface area contributed by atoms with E-state index in [-0.39, 0.29) is 6.10 Å². The maximum absolute atomic E-state index is 9.64. The van der Waals surface area contributed by atoms with E-state index in [0.29, 0.717) is 22.1 Å². The Morgan fingerprint density at radius 3 is 2.88 bits per heavy atom. The summed E-state index contributed by atoms with van der Waals surface area (Å²) in [4.78, 5) is 2.43. The topological polar surface area (TPSA) is 49.5 Å². The molecule has 0 spiro atoms. The smallest absolute Gasteiger partial charge is 0.105 e. The third-order valence-corrected chi connectivity index (χ3v) is 3.51. The third-order valence-electron chi connectivity index (χ3n) is 2.98. The van der Waals surface area contributed by atoms with Gasteiger partial charge in [0.25, 0.3) is 0 Å². The second-order valence-corrected chi connectivity index (χ2v) is 5.12. The van der Waals surface area contributed by atoms with Gasteiger partial charge < -0.3 is 15.7 Å². The molecule has 1 aliphatic rings. The zero-order valence-corrected chi connectivity index (χ0v) is 11.0. The molecule has 3 N–H and O–H groups in total. The number of hydrogen-bond acceptors (Lipinski definition) is 3. The molecule has 2 rings (SSSR count). The molecule has 0 radical (unpaired) electrons. The lowest BCUT2D eigenvalue weighted by atomic mass is 10.1. The minimum atomic E-state index is -0.252. The Morgan fingerprint density at radius 1 is 1.53 bits per heavy atom. The average molecular weight is 271 g/mol. The van der Waals surface area contributed by atoms with Gasteiger partial charge >= 0.3 is 0 Å². The molecule has 1 fully saturated rings. The van der Waals surface area contributed by atoms with Crippen LogP contribution in [-0.2, 0) is 0 Å². The molecule has 3 nitrogen and oxygen atoms in total. The molecule has 1 aliphatic heterocycles. The number of thiocarbonyl (C=S) groups is 1. The number of nitrogens with zero attached hydrogens (tertiary/aromatic N) is 1. The van der Waals surface area contributed by atoms with Gasteiger partial charge in [0.2, 0.25) is 0 Å². The number of rotatable bonds is 2. The van der Waals surface area contributed by atoms with Crippen molar-refractivity contribution in [3.05, 3.63) is 28.8 Å². The fraction of sp³-hybridized carbons (Fsp3) is 0.417. The van der Waals surface area contributed by atoms with Gasteiger partial charge in [-0.2, -0.15) is 0 Å². The number of aliphatic hydroxyl groups is 1. The lowest BCUT2D eigenvalue weighted by Crippen LogP contribution is -2.38. The van der Waals surface area contributed by atoms with E-state index in [4.69, 9.17) is 29.6 Å². The van der Waals surface area contributed by atoms with Crippen LogP contribution in [0.1, 0.15) is 18.4 Å². The molecule has 1 aromatic rings. The van der Waals surface area contributed by atoms with Gasteiger partial charge in [-0.3, -0.25) is 0 Å². The molecule has 5 heteroatoms. The van der Waals surface area contributed by atoms with Gasteiger partial charge in [-0.25, -0.2) is 0 Å². The van der Waals surface area contributed by atoms with E-state index in [2.05, 4.69) is 4.90 Å². The highest BCUT2D eigenvalue weighted by Crippen LogP contribution is 2.26. The van der Waals surface area contributed by atoms with Gasteiger partial charge in [0.15, 0.2) is 0 Å². The predicted molar refractivity (Wildman–Crippen MR) is 74.8 cm³/mol. The van der Waals surface area contributed by atoms with Crippen molar-refractivity contribution >= 4 is 34.5 Å². The summed E-state index contributed by atoms with van der Waals surface area (Å²) in [5.41, 5.74) is 7.26. The Kier molecular flexibility index (Phi) is 3.86. The monoisotopic (exact) mass is 270 g/mol. The van der Waals surface area contributed by atoms with Gasteiger partial charge in [0.05, 0.1) is 11.1 Å². The molecule has 0 amide bonds. The predicted octanol–water partition coefficient (Wildman–Crippen LogP) is 1.94. The van der Waals surface area contributed by atoms with E-state index in [0.717, 1.165) is 25.1 Å². The van der Waals surface area contributed by atoms with Crippen LogP contribution < -0.4 is 10.6 Å². The van der Waals surface area contributed by atoms with Gasteiger partial charge in [-0.1, -0.05) is 23.8 Å². The molecular weight excluding hydrogens is 256 g/mol. The average Bonchev–Trinajstić information content (AvgIpc) is 2.28. The number of halogens is 1. The quantitative estimate of drug-likeness (QED) is 0.807. The normalized spacial score (nSPS) is 20.4. The van der Waals surface area contributed by atoms with Crippen molar-refractivity contribution in [3.8, 4) is 0 Å². The Balaban J connectivity index is 2.22. The molecular formula is C12H15ClN2OS. The van der Waals surface area contributed by atoms with E-state index in [1.165, 1.54) is 0 Å². The Morgan fingerprint density at radius 2 is 2.29 bits per heavy atom. The van der Waals surface area contributed by atoms with Crippen molar-refractivity contribution in [3.63, 3.8) is 0 Å². The zero-order valence-electron chi connectivity index (χ0n) is 9.40. The number of β-amino-alcohol motifs (C(OH)–C–C–N with tert-alkyl or cyclic N) is 1. The fourth-order valence-corrected chi connectivity index (χ4v) is 2.60. The van der Waals surface area contributed by atoms with Gasteiger partial charge in [-0.15, -0.1) is 0 Å². The molecule has 0 aromatic heterocycles. The van der Waals surface area contributed by atoms with Crippen molar-refractivity contribution in [2.24, 2.45) is 5.73 Å². The van der Waals surface area contributed by atoms with Crippen molar-refractivity contribution in [1.82, 2.24) is 0 Å². The number of benzene rings is 1. The molecule has 0 bridgehead atoms. The van der Waals surface area contributed by atoms with Crippen molar-refractivity contribution in [1.29, 1.82) is 0 Å². The van der Waals surface area contributed by atoms with E-state index in [1.807, 2.05) is 18.2 Å². The van der Waals surface area contributed by atoms with Crippen molar-refractivity contribution in [2.75, 3.05) is 18.0 Å². The lowest BCUT2D eigenvalue weighted by molar-refractivity contribution is 0.154. The van der Waals surface area contributed by atoms with Crippen molar-refractivity contribution < 1.29 is 5.11 Å². The minimum Gasteiger partial charge on any atom is -0.391 e. The molecule has 17 heavy (non-hydrogen) atoms.